The van der Waals surface area contributed by atoms with Gasteiger partial charge < -0.3 is 0 Å². The molecule has 20 heavy (non-hydrogen) atoms. The minimum Gasteiger partial charge on any atom is -0.207 e. The lowest BCUT2D eigenvalue weighted by Crippen LogP contribution is -2.51. The van der Waals surface area contributed by atoms with Crippen LogP contribution >= 0.6 is 0 Å². The topological polar surface area (TPSA) is 68.1 Å². The Balaban J connectivity index is 1.79. The summed E-state index contributed by atoms with van der Waals surface area (Å²) in [5, 5.41) is 7.98. The summed E-state index contributed by atoms with van der Waals surface area (Å²) in [5.74, 6) is -0.411. The number of aromatic nitrogens is 3. The molecule has 2 heterocycles. The van der Waals surface area contributed by atoms with Crippen LogP contribution in [0, 0.1) is 12.7 Å². The van der Waals surface area contributed by atoms with Gasteiger partial charge in [-0.3, -0.25) is 0 Å². The second-order valence-corrected chi connectivity index (χ2v) is 6.67. The van der Waals surface area contributed by atoms with Gasteiger partial charge in [0.15, 0.2) is 0 Å². The molecule has 1 aromatic carbocycles. The van der Waals surface area contributed by atoms with Crippen LogP contribution in [0.25, 0.3) is 0 Å². The summed E-state index contributed by atoms with van der Waals surface area (Å²) in [5.41, 5.74) is 0.317. The first-order chi connectivity index (χ1) is 9.48. The molecular formula is C12H13FN4O2S. The third-order valence-corrected chi connectivity index (χ3v) is 5.19. The van der Waals surface area contributed by atoms with Crippen LogP contribution in [-0.4, -0.2) is 40.8 Å². The first-order valence-corrected chi connectivity index (χ1v) is 7.54. The number of nitrogens with zero attached hydrogens (tertiary/aromatic N) is 4. The van der Waals surface area contributed by atoms with Crippen LogP contribution in [-0.2, 0) is 10.0 Å². The largest absolute Gasteiger partial charge is 0.243 e. The van der Waals surface area contributed by atoms with Gasteiger partial charge in [0.05, 0.1) is 23.3 Å². The maximum atomic E-state index is 13.2. The highest BCUT2D eigenvalue weighted by molar-refractivity contribution is 7.89. The van der Waals surface area contributed by atoms with E-state index in [1.807, 2.05) is 0 Å². The van der Waals surface area contributed by atoms with Gasteiger partial charge in [-0.1, -0.05) is 0 Å². The summed E-state index contributed by atoms with van der Waals surface area (Å²) in [7, 11) is -3.57. The van der Waals surface area contributed by atoms with Gasteiger partial charge in [0, 0.05) is 13.1 Å². The zero-order valence-electron chi connectivity index (χ0n) is 10.8. The molecule has 1 aliphatic rings. The van der Waals surface area contributed by atoms with Crippen molar-refractivity contribution >= 4 is 10.0 Å². The molecule has 3 rings (SSSR count). The molecule has 0 spiro atoms. The summed E-state index contributed by atoms with van der Waals surface area (Å²) < 4.78 is 39.2. The van der Waals surface area contributed by atoms with Crippen LogP contribution in [0.5, 0.6) is 0 Å². The fourth-order valence-corrected chi connectivity index (χ4v) is 3.70. The Morgan fingerprint density at radius 1 is 1.25 bits per heavy atom. The smallest absolute Gasteiger partial charge is 0.207 e. The highest BCUT2D eigenvalue weighted by Crippen LogP contribution is 2.27. The van der Waals surface area contributed by atoms with E-state index in [1.54, 1.807) is 19.3 Å². The molecule has 0 amide bonds. The van der Waals surface area contributed by atoms with Crippen LogP contribution in [0.4, 0.5) is 4.39 Å². The van der Waals surface area contributed by atoms with Gasteiger partial charge in [0.25, 0.3) is 0 Å². The standard InChI is InChI=1S/C12H13FN4O2S/c1-9-6-11(2-3-12(9)13)20(18,19)16-7-10(8-16)17-14-4-5-15-17/h2-6,10H,7-8H2,1H3. The summed E-state index contributed by atoms with van der Waals surface area (Å²) >= 11 is 0. The third kappa shape index (κ3) is 2.10. The predicted molar refractivity (Wildman–Crippen MR) is 69.0 cm³/mol. The second kappa shape index (κ2) is 4.64. The molecule has 1 aliphatic heterocycles. The van der Waals surface area contributed by atoms with Crippen molar-refractivity contribution in [3.8, 4) is 0 Å². The molecule has 1 fully saturated rings. The number of hydrogen-bond acceptors (Lipinski definition) is 4. The highest BCUT2D eigenvalue weighted by atomic mass is 32.2. The fraction of sp³-hybridized carbons (Fsp3) is 0.333. The maximum Gasteiger partial charge on any atom is 0.243 e. The van der Waals surface area contributed by atoms with Crippen LogP contribution in [0.1, 0.15) is 11.6 Å². The summed E-state index contributed by atoms with van der Waals surface area (Å²) in [6, 6.07) is 3.77. The first kappa shape index (κ1) is 13.2. The molecule has 106 valence electrons. The number of aryl methyl sites for hydroxylation is 1. The zero-order chi connectivity index (χ0) is 14.3. The molecular weight excluding hydrogens is 283 g/mol. The van der Waals surface area contributed by atoms with Gasteiger partial charge in [-0.05, 0) is 30.7 Å². The maximum absolute atomic E-state index is 13.2. The summed E-state index contributed by atoms with van der Waals surface area (Å²) in [6.07, 6.45) is 3.11. The Hall–Kier alpha value is -1.80. The minimum absolute atomic E-state index is 0.0404. The lowest BCUT2D eigenvalue weighted by Gasteiger charge is -2.37. The number of benzene rings is 1. The Morgan fingerprint density at radius 2 is 1.90 bits per heavy atom. The SMILES string of the molecule is Cc1cc(S(=O)(=O)N2CC(n3nccn3)C2)ccc1F. The third-order valence-electron chi connectivity index (χ3n) is 3.36. The molecule has 0 radical (unpaired) electrons. The van der Waals surface area contributed by atoms with Crippen molar-refractivity contribution < 1.29 is 12.8 Å². The van der Waals surface area contributed by atoms with E-state index in [1.165, 1.54) is 27.3 Å². The zero-order valence-corrected chi connectivity index (χ0v) is 11.6. The molecule has 0 N–H and O–H groups in total. The highest BCUT2D eigenvalue weighted by Gasteiger charge is 2.38. The lowest BCUT2D eigenvalue weighted by molar-refractivity contribution is 0.175. The Kier molecular flexibility index (Phi) is 3.06. The molecule has 0 bridgehead atoms. The number of halogens is 1. The van der Waals surface area contributed by atoms with Crippen molar-refractivity contribution in [2.24, 2.45) is 0 Å². The molecule has 0 atom stereocenters. The lowest BCUT2D eigenvalue weighted by atomic mass is 10.2. The second-order valence-electron chi connectivity index (χ2n) is 4.74. The van der Waals surface area contributed by atoms with Crippen molar-refractivity contribution in [2.75, 3.05) is 13.1 Å². The number of rotatable bonds is 3. The average Bonchev–Trinajstić information content (AvgIpc) is 2.84. The predicted octanol–water partition coefficient (Wildman–Crippen LogP) is 0.971. The van der Waals surface area contributed by atoms with Gasteiger partial charge in [-0.2, -0.15) is 19.3 Å². The van der Waals surface area contributed by atoms with Gasteiger partial charge in [0.2, 0.25) is 10.0 Å². The molecule has 1 aromatic heterocycles. The van der Waals surface area contributed by atoms with Crippen LogP contribution in [0.15, 0.2) is 35.5 Å². The van der Waals surface area contributed by atoms with Gasteiger partial charge >= 0.3 is 0 Å². The van der Waals surface area contributed by atoms with E-state index >= 15 is 0 Å². The number of sulfonamides is 1. The van der Waals surface area contributed by atoms with E-state index < -0.39 is 15.8 Å². The first-order valence-electron chi connectivity index (χ1n) is 6.10. The normalized spacial score (nSPS) is 17.1. The Bertz CT molecular complexity index is 724. The van der Waals surface area contributed by atoms with Gasteiger partial charge in [-0.15, -0.1) is 0 Å². The van der Waals surface area contributed by atoms with Gasteiger partial charge in [0.1, 0.15) is 5.82 Å². The van der Waals surface area contributed by atoms with E-state index in [2.05, 4.69) is 10.2 Å². The quantitative estimate of drug-likeness (QED) is 0.846. The monoisotopic (exact) mass is 296 g/mol. The Morgan fingerprint density at radius 3 is 2.50 bits per heavy atom. The number of hydrogen-bond donors (Lipinski definition) is 0. The van der Waals surface area contributed by atoms with E-state index in [0.29, 0.717) is 18.7 Å². The summed E-state index contributed by atoms with van der Waals surface area (Å²) in [6.45, 7) is 2.20. The van der Waals surface area contributed by atoms with Crippen molar-refractivity contribution in [1.82, 2.24) is 19.3 Å². The summed E-state index contributed by atoms with van der Waals surface area (Å²) in [4.78, 5) is 1.62. The molecule has 8 heteroatoms. The van der Waals surface area contributed by atoms with Gasteiger partial charge in [-0.25, -0.2) is 12.8 Å². The molecule has 1 saturated heterocycles. The van der Waals surface area contributed by atoms with Crippen molar-refractivity contribution in [3.05, 3.63) is 42.0 Å². The van der Waals surface area contributed by atoms with Crippen molar-refractivity contribution in [1.29, 1.82) is 0 Å². The Labute approximate surface area is 115 Å². The van der Waals surface area contributed by atoms with E-state index in [-0.39, 0.29) is 10.9 Å². The molecule has 0 saturated carbocycles. The minimum atomic E-state index is -3.57. The van der Waals surface area contributed by atoms with E-state index in [0.717, 1.165) is 0 Å². The van der Waals surface area contributed by atoms with Crippen LogP contribution in [0.2, 0.25) is 0 Å². The molecule has 6 nitrogen and oxygen atoms in total. The fourth-order valence-electron chi connectivity index (χ4n) is 2.10. The van der Waals surface area contributed by atoms with E-state index in [9.17, 15) is 12.8 Å². The van der Waals surface area contributed by atoms with E-state index in [4.69, 9.17) is 0 Å². The van der Waals surface area contributed by atoms with Crippen molar-refractivity contribution in [3.63, 3.8) is 0 Å². The molecule has 2 aromatic rings. The average molecular weight is 296 g/mol. The van der Waals surface area contributed by atoms with Crippen LogP contribution in [0.3, 0.4) is 0 Å². The molecule has 0 unspecified atom stereocenters. The molecule has 0 aliphatic carbocycles. The van der Waals surface area contributed by atoms with Crippen LogP contribution < -0.4 is 0 Å². The van der Waals surface area contributed by atoms with Crippen molar-refractivity contribution in [2.45, 2.75) is 17.9 Å².